The first-order valence-electron chi connectivity index (χ1n) is 7.02. The van der Waals surface area contributed by atoms with Crippen LogP contribution >= 0.6 is 0 Å². The Bertz CT molecular complexity index is 458. The Morgan fingerprint density at radius 3 is 2.80 bits per heavy atom. The topological polar surface area (TPSA) is 58.6 Å². The van der Waals surface area contributed by atoms with E-state index in [2.05, 4.69) is 14.9 Å². The quantitative estimate of drug-likeness (QED) is 0.827. The Balaban J connectivity index is 1.95. The van der Waals surface area contributed by atoms with Gasteiger partial charge < -0.3 is 14.5 Å². The zero-order valence-electron chi connectivity index (χ0n) is 12.4. The maximum Gasteiger partial charge on any atom is 0.228 e. The van der Waals surface area contributed by atoms with Crippen molar-refractivity contribution >= 4 is 11.9 Å². The van der Waals surface area contributed by atoms with Crippen LogP contribution in [0.25, 0.3) is 0 Å². The second-order valence-corrected chi connectivity index (χ2v) is 5.01. The monoisotopic (exact) mass is 278 g/mol. The number of rotatable bonds is 4. The van der Waals surface area contributed by atoms with Crippen molar-refractivity contribution in [3.63, 3.8) is 0 Å². The van der Waals surface area contributed by atoms with Crippen LogP contribution in [0.4, 0.5) is 5.95 Å². The molecular weight excluding hydrogens is 256 g/mol. The van der Waals surface area contributed by atoms with Crippen molar-refractivity contribution in [1.82, 2.24) is 14.9 Å². The van der Waals surface area contributed by atoms with E-state index in [0.717, 1.165) is 32.5 Å². The zero-order chi connectivity index (χ0) is 14.5. The highest BCUT2D eigenvalue weighted by atomic mass is 16.5. The van der Waals surface area contributed by atoms with Crippen LogP contribution in [-0.4, -0.2) is 54.6 Å². The normalized spacial score (nSPS) is 16.1. The second kappa shape index (κ2) is 6.54. The minimum Gasteiger partial charge on any atom is -0.481 e. The van der Waals surface area contributed by atoms with Crippen LogP contribution in [0.2, 0.25) is 0 Å². The molecule has 1 aliphatic rings. The lowest BCUT2D eigenvalue weighted by atomic mass is 9.95. The van der Waals surface area contributed by atoms with E-state index in [0.29, 0.717) is 11.8 Å². The van der Waals surface area contributed by atoms with E-state index in [-0.39, 0.29) is 11.8 Å². The summed E-state index contributed by atoms with van der Waals surface area (Å²) in [5, 5.41) is 0. The molecule has 110 valence electrons. The average Bonchev–Trinajstić information content (AvgIpc) is 2.53. The van der Waals surface area contributed by atoms with E-state index >= 15 is 0 Å². The van der Waals surface area contributed by atoms with Gasteiger partial charge in [-0.05, 0) is 19.8 Å². The summed E-state index contributed by atoms with van der Waals surface area (Å²) in [4.78, 5) is 24.6. The van der Waals surface area contributed by atoms with E-state index < -0.39 is 0 Å². The van der Waals surface area contributed by atoms with Crippen LogP contribution in [-0.2, 0) is 4.79 Å². The largest absolute Gasteiger partial charge is 0.481 e. The van der Waals surface area contributed by atoms with Crippen LogP contribution in [0.3, 0.4) is 0 Å². The summed E-state index contributed by atoms with van der Waals surface area (Å²) in [5.41, 5.74) is 0. The van der Waals surface area contributed by atoms with Gasteiger partial charge in [0, 0.05) is 44.9 Å². The first kappa shape index (κ1) is 14.6. The van der Waals surface area contributed by atoms with Crippen molar-refractivity contribution in [3.05, 3.63) is 12.3 Å². The number of amides is 1. The summed E-state index contributed by atoms with van der Waals surface area (Å²) in [6.07, 6.45) is 3.40. The average molecular weight is 278 g/mol. The molecule has 1 amide bonds. The third-order valence-corrected chi connectivity index (χ3v) is 3.80. The Kier molecular flexibility index (Phi) is 4.76. The number of aromatic nitrogens is 2. The van der Waals surface area contributed by atoms with Gasteiger partial charge in [0.15, 0.2) is 0 Å². The highest BCUT2D eigenvalue weighted by Gasteiger charge is 2.27. The van der Waals surface area contributed by atoms with Crippen LogP contribution in [0.15, 0.2) is 12.3 Å². The van der Waals surface area contributed by atoms with Crippen molar-refractivity contribution in [3.8, 4) is 5.88 Å². The lowest BCUT2D eigenvalue weighted by Crippen LogP contribution is -2.41. The second-order valence-electron chi connectivity index (χ2n) is 5.01. The molecule has 0 atom stereocenters. The first-order valence-corrected chi connectivity index (χ1v) is 7.02. The van der Waals surface area contributed by atoms with E-state index in [1.807, 2.05) is 14.0 Å². The van der Waals surface area contributed by atoms with Gasteiger partial charge in [-0.1, -0.05) is 0 Å². The third kappa shape index (κ3) is 3.18. The fourth-order valence-corrected chi connectivity index (χ4v) is 2.39. The highest BCUT2D eigenvalue weighted by molar-refractivity contribution is 5.78. The Morgan fingerprint density at radius 2 is 2.20 bits per heavy atom. The van der Waals surface area contributed by atoms with Gasteiger partial charge in [-0.25, -0.2) is 4.98 Å². The Hall–Kier alpha value is -1.85. The van der Waals surface area contributed by atoms with Gasteiger partial charge in [0.05, 0.1) is 7.11 Å². The summed E-state index contributed by atoms with van der Waals surface area (Å²) >= 11 is 0. The summed E-state index contributed by atoms with van der Waals surface area (Å²) in [6, 6.07) is 1.73. The molecule has 6 heteroatoms. The number of nitrogens with zero attached hydrogens (tertiary/aromatic N) is 4. The third-order valence-electron chi connectivity index (χ3n) is 3.80. The lowest BCUT2D eigenvalue weighted by molar-refractivity contribution is -0.134. The molecule has 1 aliphatic heterocycles. The van der Waals surface area contributed by atoms with E-state index in [9.17, 15) is 4.79 Å². The number of hydrogen-bond donors (Lipinski definition) is 0. The standard InChI is InChI=1S/C14H22N4O2/c1-4-17(2)13(19)11-6-9-18(10-7-11)14-15-8-5-12(16-14)20-3/h5,8,11H,4,6-7,9-10H2,1-3H3. The molecule has 0 saturated carbocycles. The molecule has 1 fully saturated rings. The SMILES string of the molecule is CCN(C)C(=O)C1CCN(c2nccc(OC)n2)CC1. The fourth-order valence-electron chi connectivity index (χ4n) is 2.39. The summed E-state index contributed by atoms with van der Waals surface area (Å²) in [5.74, 6) is 1.62. The molecule has 0 aromatic carbocycles. The maximum atomic E-state index is 12.1. The van der Waals surface area contributed by atoms with Crippen LogP contribution < -0.4 is 9.64 Å². The number of anilines is 1. The molecule has 0 radical (unpaired) electrons. The smallest absolute Gasteiger partial charge is 0.228 e. The summed E-state index contributed by atoms with van der Waals surface area (Å²) in [7, 11) is 3.46. The molecule has 0 bridgehead atoms. The van der Waals surface area contributed by atoms with E-state index in [1.165, 1.54) is 0 Å². The molecule has 0 unspecified atom stereocenters. The molecule has 1 aromatic rings. The predicted molar refractivity (Wildman–Crippen MR) is 76.8 cm³/mol. The molecule has 0 N–H and O–H groups in total. The summed E-state index contributed by atoms with van der Waals surface area (Å²) < 4.78 is 5.11. The van der Waals surface area contributed by atoms with Crippen molar-refractivity contribution in [2.75, 3.05) is 38.7 Å². The van der Waals surface area contributed by atoms with Gasteiger partial charge in [0.2, 0.25) is 17.7 Å². The molecule has 2 rings (SSSR count). The van der Waals surface area contributed by atoms with Crippen molar-refractivity contribution in [2.24, 2.45) is 5.92 Å². The zero-order valence-corrected chi connectivity index (χ0v) is 12.4. The molecule has 2 heterocycles. The van der Waals surface area contributed by atoms with Gasteiger partial charge in [0.25, 0.3) is 0 Å². The van der Waals surface area contributed by atoms with E-state index in [4.69, 9.17) is 4.74 Å². The van der Waals surface area contributed by atoms with Gasteiger partial charge in [0.1, 0.15) is 0 Å². The maximum absolute atomic E-state index is 12.1. The van der Waals surface area contributed by atoms with Crippen molar-refractivity contribution in [2.45, 2.75) is 19.8 Å². The molecule has 20 heavy (non-hydrogen) atoms. The van der Waals surface area contributed by atoms with Gasteiger partial charge in [-0.3, -0.25) is 4.79 Å². The number of methoxy groups -OCH3 is 1. The molecule has 1 saturated heterocycles. The molecule has 0 spiro atoms. The van der Waals surface area contributed by atoms with Crippen molar-refractivity contribution in [1.29, 1.82) is 0 Å². The number of carbonyl (C=O) groups excluding carboxylic acids is 1. The van der Waals surface area contributed by atoms with Crippen LogP contribution in [0.5, 0.6) is 5.88 Å². The van der Waals surface area contributed by atoms with Gasteiger partial charge in [-0.15, -0.1) is 0 Å². The lowest BCUT2D eigenvalue weighted by Gasteiger charge is -2.32. The minimum absolute atomic E-state index is 0.127. The summed E-state index contributed by atoms with van der Waals surface area (Å²) in [6.45, 7) is 4.37. The van der Waals surface area contributed by atoms with Crippen LogP contribution in [0.1, 0.15) is 19.8 Å². The van der Waals surface area contributed by atoms with Crippen LogP contribution in [0, 0.1) is 5.92 Å². The number of ether oxygens (including phenoxy) is 1. The molecule has 1 aromatic heterocycles. The highest BCUT2D eigenvalue weighted by Crippen LogP contribution is 2.23. The number of hydrogen-bond acceptors (Lipinski definition) is 5. The first-order chi connectivity index (χ1) is 9.65. The van der Waals surface area contributed by atoms with E-state index in [1.54, 1.807) is 24.3 Å². The van der Waals surface area contributed by atoms with Gasteiger partial charge in [-0.2, -0.15) is 4.98 Å². The number of carbonyl (C=O) groups is 1. The fraction of sp³-hybridized carbons (Fsp3) is 0.643. The Labute approximate surface area is 119 Å². The molecular formula is C14H22N4O2. The molecule has 0 aliphatic carbocycles. The van der Waals surface area contributed by atoms with Crippen molar-refractivity contribution < 1.29 is 9.53 Å². The van der Waals surface area contributed by atoms with Gasteiger partial charge >= 0.3 is 0 Å². The molecule has 6 nitrogen and oxygen atoms in total. The number of piperidine rings is 1. The Morgan fingerprint density at radius 1 is 1.50 bits per heavy atom. The predicted octanol–water partition coefficient (Wildman–Crippen LogP) is 1.18. The minimum atomic E-state index is 0.127.